The number of fused-ring (bicyclic) bond motifs is 1. The van der Waals surface area contributed by atoms with E-state index in [4.69, 9.17) is 14.2 Å². The van der Waals surface area contributed by atoms with Gasteiger partial charge in [-0.2, -0.15) is 0 Å². The third-order valence-corrected chi connectivity index (χ3v) is 7.33. The van der Waals surface area contributed by atoms with Crippen LogP contribution in [0.3, 0.4) is 0 Å². The van der Waals surface area contributed by atoms with E-state index >= 15 is 0 Å². The minimum absolute atomic E-state index is 0.0903. The number of Topliss-reactive ketones (excluding diaryl/α,β-unsaturated/α-hetero) is 1. The highest BCUT2D eigenvalue weighted by Gasteiger charge is 2.51. The molecule has 1 aliphatic carbocycles. The van der Waals surface area contributed by atoms with E-state index in [-0.39, 0.29) is 29.5 Å². The Bertz CT molecular complexity index is 1100. The maximum atomic E-state index is 13.7. The molecule has 2 aliphatic heterocycles. The van der Waals surface area contributed by atoms with E-state index in [9.17, 15) is 9.59 Å². The van der Waals surface area contributed by atoms with E-state index in [1.807, 2.05) is 53.4 Å². The first kappa shape index (κ1) is 23.5. The molecule has 0 spiro atoms. The third-order valence-electron chi connectivity index (χ3n) is 7.33. The molecule has 6 nitrogen and oxygen atoms in total. The Morgan fingerprint density at radius 1 is 0.971 bits per heavy atom. The Balaban J connectivity index is 1.45. The first-order valence-corrected chi connectivity index (χ1v) is 12.7. The van der Waals surface area contributed by atoms with Crippen molar-refractivity contribution in [2.75, 3.05) is 20.3 Å². The fourth-order valence-electron chi connectivity index (χ4n) is 5.48. The second-order valence-corrected chi connectivity index (χ2v) is 9.57. The van der Waals surface area contributed by atoms with Crippen LogP contribution in [-0.2, 0) is 20.7 Å². The lowest BCUT2D eigenvalue weighted by atomic mass is 9.77. The quantitative estimate of drug-likeness (QED) is 0.536. The van der Waals surface area contributed by atoms with Crippen LogP contribution >= 0.6 is 0 Å². The SMILES string of the molecule is CCCOc1ccc(C2C3=C(OC4CCCCC4C3=O)C(=O)N2CCc2ccc(OC)cc2)cc1. The Labute approximate surface area is 206 Å². The van der Waals surface area contributed by atoms with Gasteiger partial charge in [-0.25, -0.2) is 0 Å². The number of carbonyl (C=O) groups excluding carboxylic acids is 2. The smallest absolute Gasteiger partial charge is 0.290 e. The maximum absolute atomic E-state index is 13.7. The molecule has 184 valence electrons. The number of hydrogen-bond acceptors (Lipinski definition) is 5. The lowest BCUT2D eigenvalue weighted by Gasteiger charge is -2.35. The molecule has 0 aromatic heterocycles. The van der Waals surface area contributed by atoms with E-state index in [1.165, 1.54) is 0 Å². The van der Waals surface area contributed by atoms with Gasteiger partial charge in [-0.1, -0.05) is 37.6 Å². The fraction of sp³-hybridized carbons (Fsp3) is 0.448. The Kier molecular flexibility index (Phi) is 6.80. The van der Waals surface area contributed by atoms with Crippen LogP contribution in [0.15, 0.2) is 59.9 Å². The van der Waals surface area contributed by atoms with Crippen molar-refractivity contribution in [2.45, 2.75) is 57.6 Å². The molecule has 2 aromatic rings. The molecule has 3 unspecified atom stereocenters. The minimum Gasteiger partial charge on any atom is -0.497 e. The minimum atomic E-state index is -0.439. The van der Waals surface area contributed by atoms with Gasteiger partial charge >= 0.3 is 0 Å². The third kappa shape index (κ3) is 4.54. The van der Waals surface area contributed by atoms with Crippen LogP contribution in [0.1, 0.15) is 56.2 Å². The number of methoxy groups -OCH3 is 1. The molecule has 0 bridgehead atoms. The van der Waals surface area contributed by atoms with Crippen LogP contribution in [-0.4, -0.2) is 43.0 Å². The van der Waals surface area contributed by atoms with Crippen LogP contribution in [0.5, 0.6) is 11.5 Å². The van der Waals surface area contributed by atoms with Crippen molar-refractivity contribution >= 4 is 11.7 Å². The van der Waals surface area contributed by atoms with E-state index in [2.05, 4.69) is 6.92 Å². The number of hydrogen-bond donors (Lipinski definition) is 0. The second-order valence-electron chi connectivity index (χ2n) is 9.57. The summed E-state index contributed by atoms with van der Waals surface area (Å²) in [5.41, 5.74) is 2.55. The molecule has 1 amide bonds. The molecule has 3 aliphatic rings. The fourth-order valence-corrected chi connectivity index (χ4v) is 5.48. The summed E-state index contributed by atoms with van der Waals surface area (Å²) in [5.74, 6) is 1.62. The molecule has 2 aromatic carbocycles. The summed E-state index contributed by atoms with van der Waals surface area (Å²) in [6.45, 7) is 3.21. The predicted molar refractivity (Wildman–Crippen MR) is 132 cm³/mol. The number of amides is 1. The summed E-state index contributed by atoms with van der Waals surface area (Å²) in [6, 6.07) is 15.2. The largest absolute Gasteiger partial charge is 0.497 e. The molecule has 2 heterocycles. The van der Waals surface area contributed by atoms with Gasteiger partial charge in [-0.3, -0.25) is 9.59 Å². The number of rotatable bonds is 8. The monoisotopic (exact) mass is 475 g/mol. The first-order valence-electron chi connectivity index (χ1n) is 12.7. The zero-order valence-electron chi connectivity index (χ0n) is 20.5. The molecular formula is C29H33NO5. The van der Waals surface area contributed by atoms with Gasteiger partial charge in [0.1, 0.15) is 17.6 Å². The Hall–Kier alpha value is -3.28. The number of nitrogens with zero attached hydrogens (tertiary/aromatic N) is 1. The van der Waals surface area contributed by atoms with Crippen molar-refractivity contribution in [1.82, 2.24) is 4.90 Å². The average Bonchev–Trinajstić information content (AvgIpc) is 3.18. The average molecular weight is 476 g/mol. The molecule has 0 radical (unpaired) electrons. The topological polar surface area (TPSA) is 65.1 Å². The number of ether oxygens (including phenoxy) is 3. The molecule has 1 fully saturated rings. The van der Waals surface area contributed by atoms with Crippen LogP contribution in [0, 0.1) is 5.92 Å². The van der Waals surface area contributed by atoms with Gasteiger partial charge in [0.25, 0.3) is 5.91 Å². The standard InChI is InChI=1S/C29H33NO5/c1-3-18-34-22-14-10-20(11-15-22)26-25-27(31)23-6-4-5-7-24(23)35-28(25)29(32)30(26)17-16-19-8-12-21(33-2)13-9-19/h8-15,23-24,26H,3-7,16-18H2,1-2H3. The normalized spacial score (nSPS) is 23.6. The van der Waals surface area contributed by atoms with Crippen molar-refractivity contribution in [3.8, 4) is 11.5 Å². The zero-order valence-corrected chi connectivity index (χ0v) is 20.5. The van der Waals surface area contributed by atoms with E-state index in [1.54, 1.807) is 7.11 Å². The van der Waals surface area contributed by atoms with Gasteiger partial charge in [0.05, 0.1) is 31.2 Å². The van der Waals surface area contributed by atoms with E-state index in [0.717, 1.165) is 54.7 Å². The van der Waals surface area contributed by atoms with Crippen molar-refractivity contribution in [2.24, 2.45) is 5.92 Å². The Morgan fingerprint density at radius 2 is 1.69 bits per heavy atom. The molecule has 0 N–H and O–H groups in total. The highest BCUT2D eigenvalue weighted by Crippen LogP contribution is 2.46. The molecule has 1 saturated carbocycles. The summed E-state index contributed by atoms with van der Waals surface area (Å²) < 4.78 is 17.3. The Morgan fingerprint density at radius 3 is 2.40 bits per heavy atom. The number of carbonyl (C=O) groups is 2. The lowest BCUT2D eigenvalue weighted by molar-refractivity contribution is -0.135. The van der Waals surface area contributed by atoms with Crippen LogP contribution < -0.4 is 9.47 Å². The van der Waals surface area contributed by atoms with Gasteiger partial charge in [-0.15, -0.1) is 0 Å². The van der Waals surface area contributed by atoms with E-state index < -0.39 is 6.04 Å². The highest BCUT2D eigenvalue weighted by atomic mass is 16.5. The van der Waals surface area contributed by atoms with Crippen molar-refractivity contribution in [1.29, 1.82) is 0 Å². The second kappa shape index (κ2) is 10.1. The van der Waals surface area contributed by atoms with Gasteiger partial charge in [0, 0.05) is 6.54 Å². The van der Waals surface area contributed by atoms with Crippen LogP contribution in [0.2, 0.25) is 0 Å². The molecule has 35 heavy (non-hydrogen) atoms. The predicted octanol–water partition coefficient (Wildman–Crippen LogP) is 5.02. The van der Waals surface area contributed by atoms with Crippen LogP contribution in [0.25, 0.3) is 0 Å². The summed E-state index contributed by atoms with van der Waals surface area (Å²) in [5, 5.41) is 0. The molecule has 6 heteroatoms. The summed E-state index contributed by atoms with van der Waals surface area (Å²) in [7, 11) is 1.64. The van der Waals surface area contributed by atoms with Crippen LogP contribution in [0.4, 0.5) is 0 Å². The van der Waals surface area contributed by atoms with Crippen molar-refractivity contribution in [3.63, 3.8) is 0 Å². The highest BCUT2D eigenvalue weighted by molar-refractivity contribution is 6.11. The van der Waals surface area contributed by atoms with Gasteiger partial charge in [0.15, 0.2) is 11.5 Å². The van der Waals surface area contributed by atoms with Gasteiger partial charge in [0.2, 0.25) is 0 Å². The molecule has 0 saturated heterocycles. The lowest BCUT2D eigenvalue weighted by Crippen LogP contribution is -2.39. The molecule has 5 rings (SSSR count). The van der Waals surface area contributed by atoms with Crippen molar-refractivity contribution in [3.05, 3.63) is 71.0 Å². The summed E-state index contributed by atoms with van der Waals surface area (Å²) in [4.78, 5) is 29.1. The molecular weight excluding hydrogens is 442 g/mol. The first-order chi connectivity index (χ1) is 17.1. The van der Waals surface area contributed by atoms with Gasteiger partial charge in [-0.05, 0) is 67.5 Å². The van der Waals surface area contributed by atoms with Gasteiger partial charge < -0.3 is 19.1 Å². The molecule has 3 atom stereocenters. The summed E-state index contributed by atoms with van der Waals surface area (Å²) >= 11 is 0. The zero-order chi connectivity index (χ0) is 24.4. The van der Waals surface area contributed by atoms with Crippen molar-refractivity contribution < 1.29 is 23.8 Å². The number of ketones is 1. The summed E-state index contributed by atoms with van der Waals surface area (Å²) in [6.07, 6.45) is 5.16. The number of benzene rings is 2. The van der Waals surface area contributed by atoms with E-state index in [0.29, 0.717) is 25.1 Å². The maximum Gasteiger partial charge on any atom is 0.290 e.